The summed E-state index contributed by atoms with van der Waals surface area (Å²) in [5.74, 6) is -4.88. The Morgan fingerprint density at radius 3 is 2.37 bits per heavy atom. The fraction of sp³-hybridized carbons (Fsp3) is 0.419. The summed E-state index contributed by atoms with van der Waals surface area (Å²) < 4.78 is 65.8. The van der Waals surface area contributed by atoms with Crippen molar-refractivity contribution >= 4 is 51.7 Å². The van der Waals surface area contributed by atoms with Gasteiger partial charge in [0.05, 0.1) is 29.3 Å². The predicted molar refractivity (Wildman–Crippen MR) is 166 cm³/mol. The minimum atomic E-state index is -3.38. The summed E-state index contributed by atoms with van der Waals surface area (Å²) in [7, 11) is 0. The Kier molecular flexibility index (Phi) is 9.35. The number of carbonyl (C=O) groups is 2. The third-order valence-electron chi connectivity index (χ3n) is 6.67. The number of hydrogen-bond donors (Lipinski definition) is 0. The quantitative estimate of drug-likeness (QED) is 0.144. The van der Waals surface area contributed by atoms with Crippen molar-refractivity contribution in [1.29, 1.82) is 5.26 Å². The molecule has 0 aliphatic carbocycles. The maximum atomic E-state index is 15.7. The van der Waals surface area contributed by atoms with Crippen LogP contribution in [0.15, 0.2) is 30.3 Å². The molecule has 4 rings (SSSR count). The first-order chi connectivity index (χ1) is 21.4. The summed E-state index contributed by atoms with van der Waals surface area (Å²) in [6, 6.07) is 7.73. The number of alkyl halides is 2. The summed E-state index contributed by atoms with van der Waals surface area (Å²) in [6.45, 7) is 10.3. The molecule has 1 aromatic heterocycles. The topological polar surface area (TPSA) is 127 Å². The van der Waals surface area contributed by atoms with Crippen LogP contribution >= 0.6 is 12.2 Å². The van der Waals surface area contributed by atoms with Crippen molar-refractivity contribution in [2.24, 2.45) is 0 Å². The molecule has 1 saturated heterocycles. The van der Waals surface area contributed by atoms with Crippen molar-refractivity contribution in [3.63, 3.8) is 0 Å². The van der Waals surface area contributed by atoms with E-state index in [-0.39, 0.29) is 64.7 Å². The van der Waals surface area contributed by atoms with Gasteiger partial charge in [-0.3, -0.25) is 9.69 Å². The Morgan fingerprint density at radius 2 is 1.76 bits per heavy atom. The summed E-state index contributed by atoms with van der Waals surface area (Å²) in [5, 5.41) is 9.31. The zero-order valence-corrected chi connectivity index (χ0v) is 27.1. The summed E-state index contributed by atoms with van der Waals surface area (Å²) in [5.41, 5.74) is -3.01. The van der Waals surface area contributed by atoms with E-state index in [1.165, 1.54) is 23.1 Å². The normalized spacial score (nSPS) is 14.8. The maximum absolute atomic E-state index is 15.7. The van der Waals surface area contributed by atoms with E-state index in [0.29, 0.717) is 6.92 Å². The van der Waals surface area contributed by atoms with Crippen LogP contribution in [-0.2, 0) is 20.2 Å². The number of amides is 1. The van der Waals surface area contributed by atoms with Gasteiger partial charge in [-0.25, -0.2) is 18.0 Å². The van der Waals surface area contributed by atoms with Crippen molar-refractivity contribution in [1.82, 2.24) is 9.97 Å². The number of hydrogen-bond acceptors (Lipinski definition) is 10. The molecular weight excluding hydrogens is 627 g/mol. The predicted octanol–water partition coefficient (Wildman–Crippen LogP) is 6.40. The van der Waals surface area contributed by atoms with Gasteiger partial charge in [0.2, 0.25) is 5.88 Å². The Bertz CT molecular complexity index is 1750. The molecule has 2 aromatic carbocycles. The van der Waals surface area contributed by atoms with Crippen molar-refractivity contribution < 1.29 is 41.7 Å². The van der Waals surface area contributed by atoms with Gasteiger partial charge in [-0.1, -0.05) is 0 Å². The number of benzene rings is 2. The number of ether oxygens (including phenoxy) is 4. The first kappa shape index (κ1) is 34.2. The smallest absolute Gasteiger partial charge is 0.473 e. The van der Waals surface area contributed by atoms with Crippen molar-refractivity contribution in [2.45, 2.75) is 65.5 Å². The molecule has 1 aliphatic heterocycles. The molecule has 15 heteroatoms. The zero-order valence-electron chi connectivity index (χ0n) is 26.2. The third kappa shape index (κ3) is 6.91. The maximum Gasteiger partial charge on any atom is 0.508 e. The molecule has 1 fully saturated rings. The molecule has 244 valence electrons. The fourth-order valence-corrected chi connectivity index (χ4v) is 5.21. The van der Waals surface area contributed by atoms with Crippen molar-refractivity contribution in [2.75, 3.05) is 29.6 Å². The van der Waals surface area contributed by atoms with E-state index in [2.05, 4.69) is 9.97 Å². The van der Waals surface area contributed by atoms with Crippen LogP contribution in [0.1, 0.15) is 59.6 Å². The van der Waals surface area contributed by atoms with Crippen LogP contribution in [-0.4, -0.2) is 58.1 Å². The third-order valence-corrected chi connectivity index (χ3v) is 7.03. The Balaban J connectivity index is 1.73. The first-order valence-electron chi connectivity index (χ1n) is 14.1. The number of thiocarbonyl (C=S) groups is 1. The molecule has 1 amide bonds. The van der Waals surface area contributed by atoms with Crippen molar-refractivity contribution in [3.05, 3.63) is 47.3 Å². The largest absolute Gasteiger partial charge is 0.508 e. The van der Waals surface area contributed by atoms with Crippen LogP contribution in [0.25, 0.3) is 10.9 Å². The van der Waals surface area contributed by atoms with Gasteiger partial charge in [0.25, 0.3) is 11.8 Å². The first-order valence-corrected chi connectivity index (χ1v) is 14.5. The van der Waals surface area contributed by atoms with E-state index in [1.807, 2.05) is 0 Å². The van der Waals surface area contributed by atoms with Gasteiger partial charge < -0.3 is 23.8 Å². The lowest BCUT2D eigenvalue weighted by atomic mass is 10.0. The van der Waals surface area contributed by atoms with Gasteiger partial charge in [0.1, 0.15) is 29.9 Å². The molecular formula is C31H32F3N5O6S. The molecule has 2 heterocycles. The lowest BCUT2D eigenvalue weighted by molar-refractivity contribution is -0.120. The molecule has 0 unspecified atom stereocenters. The minimum absolute atomic E-state index is 0.0149. The molecule has 0 saturated carbocycles. The van der Waals surface area contributed by atoms with Crippen molar-refractivity contribution in [3.8, 4) is 18.0 Å². The molecule has 1 aliphatic rings. The zero-order chi connectivity index (χ0) is 34.2. The number of rotatable bonds is 9. The highest BCUT2D eigenvalue weighted by molar-refractivity contribution is 7.81. The Hall–Kier alpha value is -4.71. The summed E-state index contributed by atoms with van der Waals surface area (Å²) >= 11 is 5.66. The standard InChI is InChI=1S/C31H32F3N5O6S/c1-8-42-26-36-23-20(24(37-26)43-11-12-44-28(41)45-29(2,3)4)13-19(15-22(23)32)39-27(46)38(25(40)30(39,5)6)18-10-9-17(16-35)21(14-18)31(7,33)34/h9-10,13-15H,8,11-12H2,1-7H3. The van der Waals surface area contributed by atoms with Gasteiger partial charge >= 0.3 is 12.2 Å². The number of aromatic nitrogens is 2. The molecule has 0 atom stereocenters. The highest BCUT2D eigenvalue weighted by atomic mass is 32.1. The van der Waals surface area contributed by atoms with Crippen LogP contribution in [0.3, 0.4) is 0 Å². The second-order valence-electron chi connectivity index (χ2n) is 11.8. The van der Waals surface area contributed by atoms with E-state index in [4.69, 9.17) is 31.2 Å². The van der Waals surface area contributed by atoms with Crippen LogP contribution in [0.5, 0.6) is 11.9 Å². The number of carbonyl (C=O) groups excluding carboxylic acids is 2. The average Bonchev–Trinajstić information content (AvgIpc) is 3.12. The van der Waals surface area contributed by atoms with Crippen LogP contribution in [0, 0.1) is 17.1 Å². The second-order valence-corrected chi connectivity index (χ2v) is 12.1. The summed E-state index contributed by atoms with van der Waals surface area (Å²) in [6.07, 6.45) is -0.900. The molecule has 0 spiro atoms. The highest BCUT2D eigenvalue weighted by Gasteiger charge is 2.51. The second kappa shape index (κ2) is 12.6. The average molecular weight is 660 g/mol. The number of nitriles is 1. The van der Waals surface area contributed by atoms with E-state index >= 15 is 4.39 Å². The number of nitrogens with zero attached hydrogens (tertiary/aromatic N) is 5. The molecule has 0 radical (unpaired) electrons. The highest BCUT2D eigenvalue weighted by Crippen LogP contribution is 2.41. The van der Waals surface area contributed by atoms with E-state index in [9.17, 15) is 23.6 Å². The molecule has 11 nitrogen and oxygen atoms in total. The number of fused-ring (bicyclic) bond motifs is 1. The van der Waals surface area contributed by atoms with Gasteiger partial charge in [-0.05, 0) is 84.1 Å². The lowest BCUT2D eigenvalue weighted by Crippen LogP contribution is -2.44. The molecule has 46 heavy (non-hydrogen) atoms. The monoisotopic (exact) mass is 659 g/mol. The van der Waals surface area contributed by atoms with Crippen LogP contribution < -0.4 is 19.3 Å². The van der Waals surface area contributed by atoms with E-state index in [0.717, 1.165) is 17.0 Å². The van der Waals surface area contributed by atoms with Gasteiger partial charge in [-0.2, -0.15) is 15.2 Å². The van der Waals surface area contributed by atoms with Gasteiger partial charge in [-0.15, -0.1) is 0 Å². The van der Waals surface area contributed by atoms with Gasteiger partial charge in [0.15, 0.2) is 10.9 Å². The SMILES string of the molecule is CCOc1nc(OCCOC(=O)OC(C)(C)C)c2cc(N3C(=S)N(c4ccc(C#N)c(C(C)(F)F)c4)C(=O)C3(C)C)cc(F)c2n1. The Labute approximate surface area is 268 Å². The number of halogens is 3. The lowest BCUT2D eigenvalue weighted by Gasteiger charge is -2.29. The van der Waals surface area contributed by atoms with Gasteiger partial charge in [0, 0.05) is 18.2 Å². The molecule has 0 N–H and O–H groups in total. The summed E-state index contributed by atoms with van der Waals surface area (Å²) in [4.78, 5) is 36.5. The fourth-order valence-electron chi connectivity index (χ4n) is 4.69. The van der Waals surface area contributed by atoms with E-state index in [1.54, 1.807) is 47.6 Å². The minimum Gasteiger partial charge on any atom is -0.473 e. The number of anilines is 2. The Morgan fingerprint density at radius 1 is 1.07 bits per heavy atom. The molecule has 3 aromatic rings. The molecule has 0 bridgehead atoms. The van der Waals surface area contributed by atoms with Crippen LogP contribution in [0.2, 0.25) is 0 Å². The van der Waals surface area contributed by atoms with E-state index < -0.39 is 40.5 Å². The van der Waals surface area contributed by atoms with Crippen LogP contribution in [0.4, 0.5) is 29.3 Å².